The van der Waals surface area contributed by atoms with E-state index in [0.29, 0.717) is 28.8 Å². The Labute approximate surface area is 91.4 Å². The normalized spacial score (nSPS) is 9.86. The molecule has 0 aliphatic rings. The molecule has 0 spiro atoms. The number of alkyl halides is 1. The first-order chi connectivity index (χ1) is 6.69. The van der Waals surface area contributed by atoms with E-state index in [-0.39, 0.29) is 5.78 Å². The standard InChI is InChI=1S/C10H12BrNO2/c1-14-10-3-2-7(6-8(10)12)9(13)4-5-11/h2-3,6H,4-5,12H2,1H3. The average Bonchev–Trinajstić information content (AvgIpc) is 2.18. The van der Waals surface area contributed by atoms with Crippen LogP contribution in [0.4, 0.5) is 5.69 Å². The second-order valence-electron chi connectivity index (χ2n) is 2.82. The minimum Gasteiger partial charge on any atom is -0.495 e. The smallest absolute Gasteiger partial charge is 0.163 e. The molecule has 0 saturated heterocycles. The van der Waals surface area contributed by atoms with Gasteiger partial charge in [-0.15, -0.1) is 0 Å². The van der Waals surface area contributed by atoms with Crippen molar-refractivity contribution in [3.05, 3.63) is 23.8 Å². The van der Waals surface area contributed by atoms with Crippen molar-refractivity contribution in [1.29, 1.82) is 0 Å². The maximum atomic E-state index is 11.5. The van der Waals surface area contributed by atoms with Crippen LogP contribution in [0, 0.1) is 0 Å². The molecular weight excluding hydrogens is 246 g/mol. The first kappa shape index (κ1) is 11.0. The molecule has 0 atom stereocenters. The molecule has 0 bridgehead atoms. The van der Waals surface area contributed by atoms with Gasteiger partial charge in [0.05, 0.1) is 12.8 Å². The molecule has 0 saturated carbocycles. The number of hydrogen-bond acceptors (Lipinski definition) is 3. The molecule has 0 aliphatic carbocycles. The highest BCUT2D eigenvalue weighted by Crippen LogP contribution is 2.22. The average molecular weight is 258 g/mol. The molecule has 3 nitrogen and oxygen atoms in total. The van der Waals surface area contributed by atoms with Crippen molar-refractivity contribution >= 4 is 27.4 Å². The molecule has 1 rings (SSSR count). The molecule has 2 N–H and O–H groups in total. The highest BCUT2D eigenvalue weighted by Gasteiger charge is 2.07. The van der Waals surface area contributed by atoms with E-state index in [1.54, 1.807) is 25.3 Å². The zero-order chi connectivity index (χ0) is 10.6. The number of nitrogen functional groups attached to an aromatic ring is 1. The zero-order valence-corrected chi connectivity index (χ0v) is 9.50. The fraction of sp³-hybridized carbons (Fsp3) is 0.300. The fourth-order valence-electron chi connectivity index (χ4n) is 1.14. The minimum absolute atomic E-state index is 0.0798. The number of carbonyl (C=O) groups is 1. The van der Waals surface area contributed by atoms with E-state index in [2.05, 4.69) is 15.9 Å². The van der Waals surface area contributed by atoms with Gasteiger partial charge < -0.3 is 10.5 Å². The number of benzene rings is 1. The third kappa shape index (κ3) is 2.48. The Hall–Kier alpha value is -1.03. The highest BCUT2D eigenvalue weighted by molar-refractivity contribution is 9.09. The lowest BCUT2D eigenvalue weighted by Gasteiger charge is -2.05. The van der Waals surface area contributed by atoms with Gasteiger partial charge in [-0.3, -0.25) is 4.79 Å². The third-order valence-electron chi connectivity index (χ3n) is 1.87. The first-order valence-electron chi connectivity index (χ1n) is 4.21. The number of anilines is 1. The molecule has 0 heterocycles. The summed E-state index contributed by atoms with van der Waals surface area (Å²) in [6.07, 6.45) is 0.478. The summed E-state index contributed by atoms with van der Waals surface area (Å²) in [4.78, 5) is 11.5. The van der Waals surface area contributed by atoms with Crippen molar-refractivity contribution in [2.75, 3.05) is 18.2 Å². The summed E-state index contributed by atoms with van der Waals surface area (Å²) in [6.45, 7) is 0. The molecule has 76 valence electrons. The van der Waals surface area contributed by atoms with Crippen LogP contribution >= 0.6 is 15.9 Å². The van der Waals surface area contributed by atoms with Crippen molar-refractivity contribution in [1.82, 2.24) is 0 Å². The molecule has 0 aliphatic heterocycles. The lowest BCUT2D eigenvalue weighted by Crippen LogP contribution is -2.01. The Morgan fingerprint density at radius 1 is 1.57 bits per heavy atom. The topological polar surface area (TPSA) is 52.3 Å². The second kappa shape index (κ2) is 5.00. The summed E-state index contributed by atoms with van der Waals surface area (Å²) in [7, 11) is 1.55. The van der Waals surface area contributed by atoms with Crippen LogP contribution in [-0.2, 0) is 0 Å². The number of rotatable bonds is 4. The number of hydrogen-bond donors (Lipinski definition) is 1. The van der Waals surface area contributed by atoms with Crippen LogP contribution in [0.25, 0.3) is 0 Å². The van der Waals surface area contributed by atoms with E-state index in [0.717, 1.165) is 0 Å². The Balaban J connectivity index is 2.91. The second-order valence-corrected chi connectivity index (χ2v) is 3.61. The molecule has 1 aromatic rings. The van der Waals surface area contributed by atoms with Crippen molar-refractivity contribution in [2.24, 2.45) is 0 Å². The van der Waals surface area contributed by atoms with Crippen molar-refractivity contribution in [2.45, 2.75) is 6.42 Å². The molecule has 0 unspecified atom stereocenters. The van der Waals surface area contributed by atoms with Crippen LogP contribution in [0.5, 0.6) is 5.75 Å². The van der Waals surface area contributed by atoms with Gasteiger partial charge in [0.25, 0.3) is 0 Å². The molecule has 0 fully saturated rings. The Morgan fingerprint density at radius 3 is 2.79 bits per heavy atom. The Bertz CT molecular complexity index is 339. The number of ether oxygens (including phenoxy) is 1. The third-order valence-corrected chi connectivity index (χ3v) is 2.27. The summed E-state index contributed by atoms with van der Waals surface area (Å²) < 4.78 is 4.99. The SMILES string of the molecule is COc1ccc(C(=O)CCBr)cc1N. The number of Topliss-reactive ketones (excluding diaryl/α,β-unsaturated/α-hetero) is 1. The summed E-state index contributed by atoms with van der Waals surface area (Å²) >= 11 is 3.22. The first-order valence-corrected chi connectivity index (χ1v) is 5.34. The van der Waals surface area contributed by atoms with Gasteiger partial charge in [0, 0.05) is 17.3 Å². The lowest BCUT2D eigenvalue weighted by molar-refractivity contribution is 0.0990. The quantitative estimate of drug-likeness (QED) is 0.512. The van der Waals surface area contributed by atoms with E-state index >= 15 is 0 Å². The molecule has 0 radical (unpaired) electrons. The number of carbonyl (C=O) groups excluding carboxylic acids is 1. The van der Waals surface area contributed by atoms with Crippen LogP contribution < -0.4 is 10.5 Å². The largest absolute Gasteiger partial charge is 0.495 e. The summed E-state index contributed by atoms with van der Waals surface area (Å²) in [5.74, 6) is 0.677. The predicted molar refractivity (Wildman–Crippen MR) is 60.1 cm³/mol. The summed E-state index contributed by atoms with van der Waals surface area (Å²) in [5, 5.41) is 0.664. The number of ketones is 1. The fourth-order valence-corrected chi connectivity index (χ4v) is 1.50. The van der Waals surface area contributed by atoms with Crippen molar-refractivity contribution in [3.8, 4) is 5.75 Å². The van der Waals surface area contributed by atoms with Crippen LogP contribution in [0.1, 0.15) is 16.8 Å². The van der Waals surface area contributed by atoms with E-state index in [4.69, 9.17) is 10.5 Å². The van der Waals surface area contributed by atoms with Crippen LogP contribution in [0.15, 0.2) is 18.2 Å². The number of nitrogens with two attached hydrogens (primary N) is 1. The molecule has 14 heavy (non-hydrogen) atoms. The van der Waals surface area contributed by atoms with E-state index in [1.807, 2.05) is 0 Å². The van der Waals surface area contributed by atoms with Gasteiger partial charge in [-0.2, -0.15) is 0 Å². The maximum absolute atomic E-state index is 11.5. The highest BCUT2D eigenvalue weighted by atomic mass is 79.9. The molecule has 1 aromatic carbocycles. The Morgan fingerprint density at radius 2 is 2.29 bits per heavy atom. The van der Waals surface area contributed by atoms with Crippen LogP contribution in [0.3, 0.4) is 0 Å². The molecule has 4 heteroatoms. The van der Waals surface area contributed by atoms with Crippen molar-refractivity contribution < 1.29 is 9.53 Å². The van der Waals surface area contributed by atoms with Gasteiger partial charge in [0.1, 0.15) is 5.75 Å². The number of methoxy groups -OCH3 is 1. The minimum atomic E-state index is 0.0798. The van der Waals surface area contributed by atoms with E-state index < -0.39 is 0 Å². The summed E-state index contributed by atoms with van der Waals surface area (Å²) in [5.41, 5.74) is 6.80. The van der Waals surface area contributed by atoms with E-state index in [1.165, 1.54) is 0 Å². The van der Waals surface area contributed by atoms with Crippen LogP contribution in [-0.4, -0.2) is 18.2 Å². The maximum Gasteiger partial charge on any atom is 0.163 e. The zero-order valence-electron chi connectivity index (χ0n) is 7.92. The predicted octanol–water partition coefficient (Wildman–Crippen LogP) is 2.25. The van der Waals surface area contributed by atoms with Gasteiger partial charge in [-0.05, 0) is 18.2 Å². The van der Waals surface area contributed by atoms with Crippen LogP contribution in [0.2, 0.25) is 0 Å². The summed E-state index contributed by atoms with van der Waals surface area (Å²) in [6, 6.07) is 5.07. The van der Waals surface area contributed by atoms with Gasteiger partial charge >= 0.3 is 0 Å². The van der Waals surface area contributed by atoms with Gasteiger partial charge in [0.2, 0.25) is 0 Å². The molecule has 0 amide bonds. The molecular formula is C10H12BrNO2. The Kier molecular flexibility index (Phi) is 3.95. The lowest BCUT2D eigenvalue weighted by atomic mass is 10.1. The number of halogens is 1. The van der Waals surface area contributed by atoms with Gasteiger partial charge in [0.15, 0.2) is 5.78 Å². The monoisotopic (exact) mass is 257 g/mol. The van der Waals surface area contributed by atoms with E-state index in [9.17, 15) is 4.79 Å². The van der Waals surface area contributed by atoms with Gasteiger partial charge in [-0.25, -0.2) is 0 Å². The van der Waals surface area contributed by atoms with Gasteiger partial charge in [-0.1, -0.05) is 15.9 Å². The van der Waals surface area contributed by atoms with Crippen molar-refractivity contribution in [3.63, 3.8) is 0 Å². The molecule has 0 aromatic heterocycles.